The molecular weight excluding hydrogens is 510 g/mol. The lowest BCUT2D eigenvalue weighted by Gasteiger charge is -2.44. The summed E-state index contributed by atoms with van der Waals surface area (Å²) in [6.07, 6.45) is 6.55. The highest BCUT2D eigenvalue weighted by Gasteiger charge is 2.38. The van der Waals surface area contributed by atoms with Gasteiger partial charge in [-0.25, -0.2) is 0 Å². The standard InChI is InChI=1S/C35H69N3O3/c1-20(2)29-13-26(14-30(36-29)21(3)4)39-19-35(40-27-15-31(22(5)6)37-32(16-27)23(7)8)41-28-17-33(24(9)10)38-34(18-28)25(11)12/h20-38H,13-19H2,1-12H3. The molecule has 242 valence electrons. The second-order valence-corrected chi connectivity index (χ2v) is 15.9. The SMILES string of the molecule is CC(C)C1CC(OCC(OC2CC(C(C)C)NC(C(C)C)C2)OC2CC(C(C)C)NC(C(C)C)C2)CC(C(C)C)N1. The molecule has 6 nitrogen and oxygen atoms in total. The van der Waals surface area contributed by atoms with E-state index in [-0.39, 0.29) is 24.6 Å². The van der Waals surface area contributed by atoms with E-state index in [1.54, 1.807) is 0 Å². The minimum Gasteiger partial charge on any atom is -0.373 e. The Hall–Kier alpha value is -0.240. The Morgan fingerprint density at radius 2 is 0.659 bits per heavy atom. The Kier molecular flexibility index (Phi) is 13.9. The Morgan fingerprint density at radius 3 is 0.902 bits per heavy atom. The summed E-state index contributed by atoms with van der Waals surface area (Å²) in [6, 6.07) is 2.88. The average molecular weight is 580 g/mol. The third-order valence-electron chi connectivity index (χ3n) is 10.4. The summed E-state index contributed by atoms with van der Waals surface area (Å²) in [5, 5.41) is 11.7. The summed E-state index contributed by atoms with van der Waals surface area (Å²) in [4.78, 5) is 0. The van der Waals surface area contributed by atoms with E-state index < -0.39 is 0 Å². The monoisotopic (exact) mass is 580 g/mol. The van der Waals surface area contributed by atoms with Crippen molar-refractivity contribution in [3.05, 3.63) is 0 Å². The highest BCUT2D eigenvalue weighted by Crippen LogP contribution is 2.31. The zero-order valence-corrected chi connectivity index (χ0v) is 28.9. The van der Waals surface area contributed by atoms with Gasteiger partial charge in [-0.05, 0) is 74.0 Å². The topological polar surface area (TPSA) is 63.8 Å². The van der Waals surface area contributed by atoms with Gasteiger partial charge in [-0.3, -0.25) is 0 Å². The summed E-state index contributed by atoms with van der Waals surface area (Å²) in [7, 11) is 0. The van der Waals surface area contributed by atoms with Gasteiger partial charge in [0.1, 0.15) is 0 Å². The first-order valence-electron chi connectivity index (χ1n) is 17.4. The van der Waals surface area contributed by atoms with Crippen molar-refractivity contribution in [1.82, 2.24) is 16.0 Å². The Balaban J connectivity index is 1.75. The molecule has 6 heteroatoms. The van der Waals surface area contributed by atoms with Gasteiger partial charge in [0.05, 0.1) is 24.9 Å². The minimum atomic E-state index is -0.327. The van der Waals surface area contributed by atoms with Crippen LogP contribution in [0.4, 0.5) is 0 Å². The highest BCUT2D eigenvalue weighted by molar-refractivity contribution is 4.92. The molecule has 3 aliphatic rings. The van der Waals surface area contributed by atoms with Crippen molar-refractivity contribution >= 4 is 0 Å². The highest BCUT2D eigenvalue weighted by atomic mass is 16.7. The second kappa shape index (κ2) is 16.2. The molecule has 0 aromatic carbocycles. The lowest BCUT2D eigenvalue weighted by Crippen LogP contribution is -2.55. The van der Waals surface area contributed by atoms with E-state index in [1.807, 2.05) is 0 Å². The van der Waals surface area contributed by atoms with Gasteiger partial charge in [-0.15, -0.1) is 0 Å². The van der Waals surface area contributed by atoms with Gasteiger partial charge in [0.15, 0.2) is 6.29 Å². The third-order valence-corrected chi connectivity index (χ3v) is 10.4. The normalized spacial score (nSPS) is 36.3. The number of hydrogen-bond donors (Lipinski definition) is 3. The number of piperidine rings is 3. The van der Waals surface area contributed by atoms with Crippen LogP contribution in [0.1, 0.15) is 122 Å². The van der Waals surface area contributed by atoms with Gasteiger partial charge >= 0.3 is 0 Å². The zero-order chi connectivity index (χ0) is 30.4. The van der Waals surface area contributed by atoms with E-state index in [0.29, 0.717) is 78.4 Å². The van der Waals surface area contributed by atoms with Crippen molar-refractivity contribution in [3.8, 4) is 0 Å². The predicted molar refractivity (Wildman–Crippen MR) is 172 cm³/mol. The van der Waals surface area contributed by atoms with Crippen LogP contribution in [0, 0.1) is 35.5 Å². The summed E-state index contributed by atoms with van der Waals surface area (Å²) < 4.78 is 20.7. The predicted octanol–water partition coefficient (Wildman–Crippen LogP) is 6.77. The van der Waals surface area contributed by atoms with Gasteiger partial charge in [-0.2, -0.15) is 0 Å². The molecule has 0 radical (unpaired) electrons. The fourth-order valence-electron chi connectivity index (χ4n) is 7.12. The molecule has 0 bridgehead atoms. The molecule has 0 aromatic heterocycles. The molecule has 3 fully saturated rings. The molecule has 6 unspecified atom stereocenters. The fourth-order valence-corrected chi connectivity index (χ4v) is 7.12. The van der Waals surface area contributed by atoms with E-state index >= 15 is 0 Å². The molecule has 3 N–H and O–H groups in total. The molecule has 0 aromatic rings. The molecule has 0 aliphatic carbocycles. The van der Waals surface area contributed by atoms with Crippen LogP contribution < -0.4 is 16.0 Å². The van der Waals surface area contributed by atoms with Crippen LogP contribution in [0.5, 0.6) is 0 Å². The van der Waals surface area contributed by atoms with Gasteiger partial charge in [0, 0.05) is 36.3 Å². The molecule has 0 spiro atoms. The van der Waals surface area contributed by atoms with Crippen LogP contribution in [-0.4, -0.2) is 67.5 Å². The largest absolute Gasteiger partial charge is 0.373 e. The van der Waals surface area contributed by atoms with Crippen LogP contribution >= 0.6 is 0 Å². The van der Waals surface area contributed by atoms with Crippen LogP contribution in [0.3, 0.4) is 0 Å². The second-order valence-electron chi connectivity index (χ2n) is 15.9. The Morgan fingerprint density at radius 1 is 0.415 bits per heavy atom. The summed E-state index contributed by atoms with van der Waals surface area (Å²) >= 11 is 0. The minimum absolute atomic E-state index is 0.188. The summed E-state index contributed by atoms with van der Waals surface area (Å²) in [6.45, 7) is 28.5. The molecule has 3 aliphatic heterocycles. The molecular formula is C35H69N3O3. The molecule has 41 heavy (non-hydrogen) atoms. The van der Waals surface area contributed by atoms with E-state index in [2.05, 4.69) is 99.0 Å². The number of ether oxygens (including phenoxy) is 3. The quantitative estimate of drug-likeness (QED) is 0.209. The molecule has 6 atom stereocenters. The maximum Gasteiger partial charge on any atom is 0.181 e. The lowest BCUT2D eigenvalue weighted by molar-refractivity contribution is -0.237. The van der Waals surface area contributed by atoms with Crippen molar-refractivity contribution < 1.29 is 14.2 Å². The zero-order valence-electron chi connectivity index (χ0n) is 28.9. The first-order chi connectivity index (χ1) is 19.2. The molecule has 3 heterocycles. The fraction of sp³-hybridized carbons (Fsp3) is 1.00. The first-order valence-corrected chi connectivity index (χ1v) is 17.4. The van der Waals surface area contributed by atoms with Gasteiger partial charge in [-0.1, -0.05) is 83.1 Å². The summed E-state index contributed by atoms with van der Waals surface area (Å²) in [5.74, 6) is 3.51. The van der Waals surface area contributed by atoms with Crippen LogP contribution in [-0.2, 0) is 14.2 Å². The number of hydrogen-bond acceptors (Lipinski definition) is 6. The van der Waals surface area contributed by atoms with E-state index in [1.165, 1.54) is 0 Å². The van der Waals surface area contributed by atoms with Crippen molar-refractivity contribution in [2.75, 3.05) is 6.61 Å². The van der Waals surface area contributed by atoms with Gasteiger partial charge < -0.3 is 30.2 Å². The Bertz CT molecular complexity index is 654. The molecule has 0 amide bonds. The molecule has 0 saturated carbocycles. The number of rotatable bonds is 13. The van der Waals surface area contributed by atoms with Gasteiger partial charge in [0.2, 0.25) is 0 Å². The van der Waals surface area contributed by atoms with Gasteiger partial charge in [0.25, 0.3) is 0 Å². The molecule has 3 saturated heterocycles. The Labute approximate surface area is 254 Å². The smallest absolute Gasteiger partial charge is 0.181 e. The van der Waals surface area contributed by atoms with Crippen molar-refractivity contribution in [2.45, 2.75) is 182 Å². The van der Waals surface area contributed by atoms with Crippen molar-refractivity contribution in [1.29, 1.82) is 0 Å². The third kappa shape index (κ3) is 10.7. The lowest BCUT2D eigenvalue weighted by atomic mass is 9.85. The summed E-state index contributed by atoms with van der Waals surface area (Å²) in [5.41, 5.74) is 0. The molecule has 3 rings (SSSR count). The van der Waals surface area contributed by atoms with E-state index in [9.17, 15) is 0 Å². The van der Waals surface area contributed by atoms with Crippen molar-refractivity contribution in [2.24, 2.45) is 35.5 Å². The van der Waals surface area contributed by atoms with Crippen LogP contribution in [0.15, 0.2) is 0 Å². The van der Waals surface area contributed by atoms with Crippen molar-refractivity contribution in [3.63, 3.8) is 0 Å². The average Bonchev–Trinajstić information content (AvgIpc) is 2.90. The first kappa shape index (κ1) is 35.2. The maximum absolute atomic E-state index is 6.96. The van der Waals surface area contributed by atoms with E-state index in [4.69, 9.17) is 14.2 Å². The van der Waals surface area contributed by atoms with Crippen LogP contribution in [0.25, 0.3) is 0 Å². The maximum atomic E-state index is 6.96. The van der Waals surface area contributed by atoms with Crippen LogP contribution in [0.2, 0.25) is 0 Å². The van der Waals surface area contributed by atoms with E-state index in [0.717, 1.165) is 38.5 Å². The number of nitrogens with one attached hydrogen (secondary N) is 3.